The molecule has 0 aromatic heterocycles. The van der Waals surface area contributed by atoms with E-state index in [-0.39, 0.29) is 11.6 Å². The largest absolute Gasteiger partial charge is 0.393 e. The van der Waals surface area contributed by atoms with Gasteiger partial charge in [-0.15, -0.1) is 0 Å². The maximum atomic E-state index is 10.6. The third-order valence-corrected chi connectivity index (χ3v) is 5.99. The van der Waals surface area contributed by atoms with Gasteiger partial charge in [-0.25, -0.2) is 0 Å². The van der Waals surface area contributed by atoms with Crippen molar-refractivity contribution in [2.24, 2.45) is 5.92 Å². The first-order valence-corrected chi connectivity index (χ1v) is 9.67. The zero-order chi connectivity index (χ0) is 15.1. The fraction of sp³-hybridized carbons (Fsp3) is 1.00. The Balaban J connectivity index is 1.98. The van der Waals surface area contributed by atoms with Crippen LogP contribution < -0.4 is 5.32 Å². The lowest BCUT2D eigenvalue weighted by molar-refractivity contribution is -0.0257. The van der Waals surface area contributed by atoms with Gasteiger partial charge in [-0.1, -0.05) is 52.4 Å². The summed E-state index contributed by atoms with van der Waals surface area (Å²) >= 11 is 0. The standard InChI is InChI=1S/C19H37NO/c1-3-5-7-10-16-11-8-14-19(20-16)15-9-13-18(21)17(19)12-6-4-2/h16-18,20-21H,3-15H2,1-2H3/t16?,17-,18+,19?/m1/s1. The molecule has 124 valence electrons. The summed E-state index contributed by atoms with van der Waals surface area (Å²) in [6.07, 6.45) is 16.6. The average molecular weight is 296 g/mol. The molecule has 0 aromatic rings. The third-order valence-electron chi connectivity index (χ3n) is 5.99. The van der Waals surface area contributed by atoms with Crippen molar-refractivity contribution in [3.63, 3.8) is 0 Å². The maximum Gasteiger partial charge on any atom is 0.0586 e. The molecule has 1 spiro atoms. The van der Waals surface area contributed by atoms with Crippen molar-refractivity contribution < 1.29 is 5.11 Å². The Hall–Kier alpha value is -0.0800. The summed E-state index contributed by atoms with van der Waals surface area (Å²) in [7, 11) is 0. The Kier molecular flexibility index (Phi) is 7.01. The molecule has 0 bridgehead atoms. The Morgan fingerprint density at radius 3 is 2.38 bits per heavy atom. The van der Waals surface area contributed by atoms with E-state index in [1.54, 1.807) is 0 Å². The van der Waals surface area contributed by atoms with Gasteiger partial charge in [0.15, 0.2) is 0 Å². The van der Waals surface area contributed by atoms with Gasteiger partial charge in [0.05, 0.1) is 6.10 Å². The Labute approximate surface area is 132 Å². The van der Waals surface area contributed by atoms with Crippen LogP contribution in [0.3, 0.4) is 0 Å². The molecule has 1 aliphatic carbocycles. The number of piperidine rings is 1. The van der Waals surface area contributed by atoms with E-state index in [1.807, 2.05) is 0 Å². The highest BCUT2D eigenvalue weighted by atomic mass is 16.3. The van der Waals surface area contributed by atoms with Gasteiger partial charge in [0.1, 0.15) is 0 Å². The number of hydrogen-bond donors (Lipinski definition) is 2. The van der Waals surface area contributed by atoms with Crippen LogP contribution in [0.1, 0.15) is 97.3 Å². The van der Waals surface area contributed by atoms with Crippen molar-refractivity contribution in [1.29, 1.82) is 0 Å². The lowest BCUT2D eigenvalue weighted by Crippen LogP contribution is -2.62. The van der Waals surface area contributed by atoms with Crippen molar-refractivity contribution in [1.82, 2.24) is 5.32 Å². The molecular formula is C19H37NO. The molecular weight excluding hydrogens is 258 g/mol. The second kappa shape index (κ2) is 8.53. The number of rotatable bonds is 7. The summed E-state index contributed by atoms with van der Waals surface area (Å²) in [6.45, 7) is 4.55. The minimum absolute atomic E-state index is 0.0628. The number of aliphatic hydroxyl groups excluding tert-OH is 1. The summed E-state index contributed by atoms with van der Waals surface area (Å²) < 4.78 is 0. The molecule has 2 N–H and O–H groups in total. The Morgan fingerprint density at radius 1 is 0.952 bits per heavy atom. The van der Waals surface area contributed by atoms with E-state index in [2.05, 4.69) is 19.2 Å². The SMILES string of the molecule is CCCCCC1CCCC2(CCC[C@H](O)[C@H]2CCCC)N1. The predicted octanol–water partition coefficient (Wildman–Crippen LogP) is 4.80. The van der Waals surface area contributed by atoms with Crippen molar-refractivity contribution in [3.8, 4) is 0 Å². The van der Waals surface area contributed by atoms with E-state index in [1.165, 1.54) is 77.0 Å². The van der Waals surface area contributed by atoms with E-state index in [0.29, 0.717) is 12.0 Å². The molecule has 1 saturated heterocycles. The topological polar surface area (TPSA) is 32.3 Å². The second-order valence-electron chi connectivity index (χ2n) is 7.59. The summed E-state index contributed by atoms with van der Waals surface area (Å²) in [5, 5.41) is 14.6. The fourth-order valence-electron chi connectivity index (χ4n) is 4.84. The van der Waals surface area contributed by atoms with Gasteiger partial charge >= 0.3 is 0 Å². The van der Waals surface area contributed by atoms with E-state index < -0.39 is 0 Å². The number of aliphatic hydroxyl groups is 1. The van der Waals surface area contributed by atoms with Crippen LogP contribution in [-0.4, -0.2) is 22.8 Å². The van der Waals surface area contributed by atoms with Crippen LogP contribution in [-0.2, 0) is 0 Å². The van der Waals surface area contributed by atoms with E-state index in [4.69, 9.17) is 0 Å². The van der Waals surface area contributed by atoms with E-state index >= 15 is 0 Å². The van der Waals surface area contributed by atoms with Gasteiger partial charge < -0.3 is 10.4 Å². The van der Waals surface area contributed by atoms with Gasteiger partial charge in [0.25, 0.3) is 0 Å². The average Bonchev–Trinajstić information content (AvgIpc) is 2.47. The normalized spacial score (nSPS) is 37.0. The zero-order valence-electron chi connectivity index (χ0n) is 14.4. The molecule has 1 heterocycles. The molecule has 1 saturated carbocycles. The first-order valence-electron chi connectivity index (χ1n) is 9.67. The van der Waals surface area contributed by atoms with Gasteiger partial charge in [0, 0.05) is 17.5 Å². The lowest BCUT2D eigenvalue weighted by Gasteiger charge is -2.52. The fourth-order valence-corrected chi connectivity index (χ4v) is 4.84. The molecule has 0 radical (unpaired) electrons. The van der Waals surface area contributed by atoms with E-state index in [0.717, 1.165) is 6.42 Å². The molecule has 2 rings (SSSR count). The molecule has 1 aliphatic heterocycles. The van der Waals surface area contributed by atoms with Crippen molar-refractivity contribution >= 4 is 0 Å². The third kappa shape index (κ3) is 4.45. The summed E-state index contributed by atoms with van der Waals surface area (Å²) in [6, 6.07) is 0.708. The van der Waals surface area contributed by atoms with Crippen LogP contribution in [0.5, 0.6) is 0 Å². The quantitative estimate of drug-likeness (QED) is 0.661. The first-order chi connectivity index (χ1) is 10.2. The molecule has 2 nitrogen and oxygen atoms in total. The first kappa shape index (κ1) is 17.3. The van der Waals surface area contributed by atoms with Crippen molar-refractivity contribution in [2.75, 3.05) is 0 Å². The van der Waals surface area contributed by atoms with Crippen LogP contribution in [0.25, 0.3) is 0 Å². The number of nitrogens with one attached hydrogen (secondary N) is 1. The van der Waals surface area contributed by atoms with Crippen LogP contribution in [0, 0.1) is 5.92 Å². The monoisotopic (exact) mass is 295 g/mol. The number of hydrogen-bond acceptors (Lipinski definition) is 2. The zero-order valence-corrected chi connectivity index (χ0v) is 14.4. The molecule has 2 heteroatoms. The van der Waals surface area contributed by atoms with Crippen LogP contribution in [0.4, 0.5) is 0 Å². The Morgan fingerprint density at radius 2 is 1.67 bits per heavy atom. The van der Waals surface area contributed by atoms with Gasteiger partial charge in [-0.05, 0) is 44.9 Å². The van der Waals surface area contributed by atoms with Gasteiger partial charge in [0.2, 0.25) is 0 Å². The Bertz CT molecular complexity index is 289. The van der Waals surface area contributed by atoms with Crippen LogP contribution >= 0.6 is 0 Å². The van der Waals surface area contributed by atoms with Gasteiger partial charge in [-0.2, -0.15) is 0 Å². The minimum atomic E-state index is -0.0628. The molecule has 2 aliphatic rings. The highest BCUT2D eigenvalue weighted by Crippen LogP contribution is 2.43. The van der Waals surface area contributed by atoms with Gasteiger partial charge in [-0.3, -0.25) is 0 Å². The highest BCUT2D eigenvalue weighted by Gasteiger charge is 2.46. The highest BCUT2D eigenvalue weighted by molar-refractivity contribution is 5.04. The molecule has 2 fully saturated rings. The van der Waals surface area contributed by atoms with E-state index in [9.17, 15) is 5.11 Å². The van der Waals surface area contributed by atoms with Crippen LogP contribution in [0.2, 0.25) is 0 Å². The lowest BCUT2D eigenvalue weighted by atomic mass is 9.64. The molecule has 4 atom stereocenters. The second-order valence-corrected chi connectivity index (χ2v) is 7.59. The van der Waals surface area contributed by atoms with Crippen molar-refractivity contribution in [3.05, 3.63) is 0 Å². The summed E-state index contributed by atoms with van der Waals surface area (Å²) in [5.74, 6) is 0.500. The molecule has 0 amide bonds. The summed E-state index contributed by atoms with van der Waals surface area (Å²) in [4.78, 5) is 0. The maximum absolute atomic E-state index is 10.6. The smallest absolute Gasteiger partial charge is 0.0586 e. The molecule has 2 unspecified atom stereocenters. The minimum Gasteiger partial charge on any atom is -0.393 e. The summed E-state index contributed by atoms with van der Waals surface area (Å²) in [5.41, 5.74) is 0.266. The molecule has 0 aromatic carbocycles. The number of unbranched alkanes of at least 4 members (excludes halogenated alkanes) is 3. The predicted molar refractivity (Wildman–Crippen MR) is 90.5 cm³/mol. The molecule has 21 heavy (non-hydrogen) atoms. The van der Waals surface area contributed by atoms with Crippen molar-refractivity contribution in [2.45, 2.75) is 115 Å². The van der Waals surface area contributed by atoms with Crippen LogP contribution in [0.15, 0.2) is 0 Å².